The highest BCUT2D eigenvalue weighted by Gasteiger charge is 2.01. The first-order valence-electron chi connectivity index (χ1n) is 4.66. The highest BCUT2D eigenvalue weighted by atomic mass is 16.1. The second-order valence-corrected chi connectivity index (χ2v) is 3.36. The quantitative estimate of drug-likeness (QED) is 0.726. The van der Waals surface area contributed by atoms with Crippen LogP contribution in [0.25, 0.3) is 0 Å². The van der Waals surface area contributed by atoms with Gasteiger partial charge in [-0.25, -0.2) is 0 Å². The lowest BCUT2D eigenvalue weighted by atomic mass is 10.1. The number of Topliss-reactive ketones (excluding diaryl/α,β-unsaturated/α-hetero) is 1. The Morgan fingerprint density at radius 3 is 2.57 bits per heavy atom. The molecule has 2 nitrogen and oxygen atoms in total. The van der Waals surface area contributed by atoms with E-state index in [9.17, 15) is 4.79 Å². The van der Waals surface area contributed by atoms with Crippen LogP contribution in [0.1, 0.15) is 24.0 Å². The summed E-state index contributed by atoms with van der Waals surface area (Å²) < 4.78 is 0. The van der Waals surface area contributed by atoms with E-state index >= 15 is 0 Å². The fraction of sp³-hybridized carbons (Fsp3) is 0.333. The molecule has 0 aromatic heterocycles. The van der Waals surface area contributed by atoms with Crippen molar-refractivity contribution in [2.45, 2.75) is 26.2 Å². The van der Waals surface area contributed by atoms with Crippen LogP contribution < -0.4 is 0 Å². The van der Waals surface area contributed by atoms with Crippen LogP contribution in [0.2, 0.25) is 0 Å². The predicted octanol–water partition coefficient (Wildman–Crippen LogP) is 2.41. The molecular formula is C12H13NO. The van der Waals surface area contributed by atoms with Crippen LogP contribution in [0.3, 0.4) is 0 Å². The number of ketones is 1. The number of carbonyl (C=O) groups excluding carboxylic acids is 1. The van der Waals surface area contributed by atoms with E-state index in [1.165, 1.54) is 5.56 Å². The van der Waals surface area contributed by atoms with E-state index in [1.54, 1.807) is 0 Å². The molecule has 0 saturated carbocycles. The van der Waals surface area contributed by atoms with Crippen molar-refractivity contribution in [2.75, 3.05) is 0 Å². The number of nitrogens with zero attached hydrogens (tertiary/aromatic N) is 1. The van der Waals surface area contributed by atoms with Crippen molar-refractivity contribution in [1.82, 2.24) is 0 Å². The molecule has 0 bridgehead atoms. The summed E-state index contributed by atoms with van der Waals surface area (Å²) in [5.74, 6) is 0.0214. The molecule has 2 heteroatoms. The molecule has 72 valence electrons. The maximum atomic E-state index is 11.1. The first-order chi connectivity index (χ1) is 6.72. The fourth-order valence-electron chi connectivity index (χ4n) is 1.22. The lowest BCUT2D eigenvalue weighted by molar-refractivity contribution is -0.118. The average Bonchev–Trinajstić information content (AvgIpc) is 2.17. The van der Waals surface area contributed by atoms with E-state index in [0.29, 0.717) is 6.42 Å². The predicted molar refractivity (Wildman–Crippen MR) is 54.7 cm³/mol. The number of carbonyl (C=O) groups is 1. The van der Waals surface area contributed by atoms with E-state index in [0.717, 1.165) is 12.0 Å². The van der Waals surface area contributed by atoms with Crippen molar-refractivity contribution in [3.05, 3.63) is 35.4 Å². The van der Waals surface area contributed by atoms with Gasteiger partial charge in [-0.3, -0.25) is 4.79 Å². The monoisotopic (exact) mass is 187 g/mol. The van der Waals surface area contributed by atoms with Crippen LogP contribution >= 0.6 is 0 Å². The molecular weight excluding hydrogens is 174 g/mol. The Balaban J connectivity index is 2.43. The van der Waals surface area contributed by atoms with Gasteiger partial charge in [0.1, 0.15) is 5.78 Å². The van der Waals surface area contributed by atoms with Crippen LogP contribution in [0.5, 0.6) is 0 Å². The molecule has 0 unspecified atom stereocenters. The van der Waals surface area contributed by atoms with Gasteiger partial charge in [-0.15, -0.1) is 0 Å². The molecule has 0 aliphatic carbocycles. The fourth-order valence-corrected chi connectivity index (χ4v) is 1.22. The molecule has 14 heavy (non-hydrogen) atoms. The number of aryl methyl sites for hydroxylation is 2. The summed E-state index contributed by atoms with van der Waals surface area (Å²) in [6.45, 7) is 2.03. The van der Waals surface area contributed by atoms with Gasteiger partial charge in [0.05, 0.1) is 12.5 Å². The van der Waals surface area contributed by atoms with Crippen molar-refractivity contribution in [3.8, 4) is 6.07 Å². The van der Waals surface area contributed by atoms with Crippen molar-refractivity contribution < 1.29 is 4.79 Å². The largest absolute Gasteiger partial charge is 0.299 e. The number of benzene rings is 1. The molecule has 0 spiro atoms. The summed E-state index contributed by atoms with van der Waals surface area (Å²) in [6, 6.07) is 9.97. The highest BCUT2D eigenvalue weighted by Crippen LogP contribution is 2.06. The highest BCUT2D eigenvalue weighted by molar-refractivity contribution is 5.80. The Bertz CT molecular complexity index is 346. The third-order valence-electron chi connectivity index (χ3n) is 2.09. The second-order valence-electron chi connectivity index (χ2n) is 3.36. The topological polar surface area (TPSA) is 40.9 Å². The van der Waals surface area contributed by atoms with E-state index in [1.807, 2.05) is 37.3 Å². The van der Waals surface area contributed by atoms with Crippen LogP contribution in [0.15, 0.2) is 24.3 Å². The Morgan fingerprint density at radius 2 is 2.00 bits per heavy atom. The molecule has 1 rings (SSSR count). The van der Waals surface area contributed by atoms with Crippen molar-refractivity contribution >= 4 is 5.78 Å². The normalized spacial score (nSPS) is 9.43. The zero-order chi connectivity index (χ0) is 10.4. The van der Waals surface area contributed by atoms with E-state index < -0.39 is 0 Å². The molecule has 0 fully saturated rings. The Hall–Kier alpha value is -1.62. The first kappa shape index (κ1) is 10.5. The SMILES string of the molecule is Cc1ccc(CCC(=O)CC#N)cc1. The standard InChI is InChI=1S/C12H13NO/c1-10-2-4-11(5-3-10)6-7-12(14)8-9-13/h2-5H,6-8H2,1H3. The van der Waals surface area contributed by atoms with Gasteiger partial charge in [0.25, 0.3) is 0 Å². The number of nitriles is 1. The van der Waals surface area contributed by atoms with Gasteiger partial charge in [0.15, 0.2) is 0 Å². The summed E-state index contributed by atoms with van der Waals surface area (Å²) in [5.41, 5.74) is 2.37. The molecule has 1 aromatic rings. The molecule has 0 amide bonds. The van der Waals surface area contributed by atoms with Crippen molar-refractivity contribution in [2.24, 2.45) is 0 Å². The van der Waals surface area contributed by atoms with Crippen molar-refractivity contribution in [3.63, 3.8) is 0 Å². The average molecular weight is 187 g/mol. The lowest BCUT2D eigenvalue weighted by Crippen LogP contribution is -1.98. The van der Waals surface area contributed by atoms with Gasteiger partial charge < -0.3 is 0 Å². The van der Waals surface area contributed by atoms with Gasteiger partial charge in [-0.2, -0.15) is 5.26 Å². The zero-order valence-corrected chi connectivity index (χ0v) is 8.29. The van der Waals surface area contributed by atoms with Gasteiger partial charge in [0.2, 0.25) is 0 Å². The summed E-state index contributed by atoms with van der Waals surface area (Å²) in [6.07, 6.45) is 1.24. The lowest BCUT2D eigenvalue weighted by Gasteiger charge is -1.99. The molecule has 0 aliphatic rings. The van der Waals surface area contributed by atoms with E-state index in [4.69, 9.17) is 5.26 Å². The van der Waals surface area contributed by atoms with Gasteiger partial charge in [0, 0.05) is 6.42 Å². The minimum Gasteiger partial charge on any atom is -0.299 e. The molecule has 0 N–H and O–H groups in total. The Kier molecular flexibility index (Phi) is 3.87. The molecule has 0 saturated heterocycles. The Labute approximate surface area is 84.2 Å². The van der Waals surface area contributed by atoms with Crippen LogP contribution in [-0.2, 0) is 11.2 Å². The van der Waals surface area contributed by atoms with Crippen molar-refractivity contribution in [1.29, 1.82) is 5.26 Å². The smallest absolute Gasteiger partial charge is 0.147 e. The minimum atomic E-state index is 0.0214. The minimum absolute atomic E-state index is 0.0214. The number of rotatable bonds is 4. The zero-order valence-electron chi connectivity index (χ0n) is 8.29. The summed E-state index contributed by atoms with van der Waals surface area (Å²) >= 11 is 0. The van der Waals surface area contributed by atoms with Crippen LogP contribution in [0, 0.1) is 18.3 Å². The summed E-state index contributed by atoms with van der Waals surface area (Å²) in [5, 5.41) is 8.30. The second kappa shape index (κ2) is 5.18. The molecule has 1 aromatic carbocycles. The molecule has 0 heterocycles. The van der Waals surface area contributed by atoms with Gasteiger partial charge in [-0.1, -0.05) is 29.8 Å². The maximum Gasteiger partial charge on any atom is 0.147 e. The molecule has 0 atom stereocenters. The number of hydrogen-bond donors (Lipinski definition) is 0. The van der Waals surface area contributed by atoms with Crippen LogP contribution in [0.4, 0.5) is 0 Å². The Morgan fingerprint density at radius 1 is 1.36 bits per heavy atom. The van der Waals surface area contributed by atoms with E-state index in [-0.39, 0.29) is 12.2 Å². The summed E-state index contributed by atoms with van der Waals surface area (Å²) in [4.78, 5) is 11.1. The molecule has 0 radical (unpaired) electrons. The molecule has 0 aliphatic heterocycles. The first-order valence-corrected chi connectivity index (χ1v) is 4.66. The van der Waals surface area contributed by atoms with E-state index in [2.05, 4.69) is 0 Å². The van der Waals surface area contributed by atoms with Gasteiger partial charge >= 0.3 is 0 Å². The van der Waals surface area contributed by atoms with Gasteiger partial charge in [-0.05, 0) is 18.9 Å². The third kappa shape index (κ3) is 3.40. The maximum absolute atomic E-state index is 11.1. The third-order valence-corrected chi connectivity index (χ3v) is 2.09. The van der Waals surface area contributed by atoms with Crippen LogP contribution in [-0.4, -0.2) is 5.78 Å². The number of hydrogen-bond acceptors (Lipinski definition) is 2. The summed E-state index contributed by atoms with van der Waals surface area (Å²) in [7, 11) is 0.